The van der Waals surface area contributed by atoms with Crippen LogP contribution in [-0.4, -0.2) is 45.0 Å². The molecule has 1 unspecified atom stereocenters. The SMILES string of the molecule is CCC(CNC(=NC)NCc1cccc(COC2CCOCC2)c1)Oc1cccc(F)c1. The van der Waals surface area contributed by atoms with Crippen molar-refractivity contribution in [3.63, 3.8) is 0 Å². The molecular formula is C25H34FN3O3. The summed E-state index contributed by atoms with van der Waals surface area (Å²) in [5, 5.41) is 6.63. The minimum Gasteiger partial charge on any atom is -0.489 e. The first-order valence-corrected chi connectivity index (χ1v) is 11.3. The molecule has 0 bridgehead atoms. The van der Waals surface area contributed by atoms with Gasteiger partial charge in [-0.2, -0.15) is 0 Å². The van der Waals surface area contributed by atoms with Crippen molar-refractivity contribution < 1.29 is 18.6 Å². The van der Waals surface area contributed by atoms with Crippen molar-refractivity contribution in [2.45, 2.75) is 51.5 Å². The Labute approximate surface area is 190 Å². The number of ether oxygens (including phenoxy) is 3. The monoisotopic (exact) mass is 443 g/mol. The fourth-order valence-corrected chi connectivity index (χ4v) is 3.51. The van der Waals surface area contributed by atoms with E-state index in [9.17, 15) is 4.39 Å². The third-order valence-electron chi connectivity index (χ3n) is 5.38. The van der Waals surface area contributed by atoms with E-state index < -0.39 is 0 Å². The van der Waals surface area contributed by atoms with E-state index in [1.54, 1.807) is 19.2 Å². The third-order valence-corrected chi connectivity index (χ3v) is 5.38. The van der Waals surface area contributed by atoms with Crippen LogP contribution in [0.15, 0.2) is 53.5 Å². The van der Waals surface area contributed by atoms with E-state index in [1.807, 2.05) is 6.92 Å². The minimum absolute atomic E-state index is 0.0963. The Bertz CT molecular complexity index is 856. The maximum atomic E-state index is 13.4. The van der Waals surface area contributed by atoms with Gasteiger partial charge in [0.05, 0.1) is 19.3 Å². The summed E-state index contributed by atoms with van der Waals surface area (Å²) in [7, 11) is 1.74. The van der Waals surface area contributed by atoms with Gasteiger partial charge in [0.2, 0.25) is 0 Å². The zero-order chi connectivity index (χ0) is 22.6. The maximum Gasteiger partial charge on any atom is 0.191 e. The molecule has 32 heavy (non-hydrogen) atoms. The van der Waals surface area contributed by atoms with Gasteiger partial charge in [-0.15, -0.1) is 0 Å². The molecule has 0 spiro atoms. The van der Waals surface area contributed by atoms with Crippen LogP contribution in [0.1, 0.15) is 37.3 Å². The summed E-state index contributed by atoms with van der Waals surface area (Å²) in [4.78, 5) is 4.29. The van der Waals surface area contributed by atoms with E-state index in [4.69, 9.17) is 14.2 Å². The maximum absolute atomic E-state index is 13.4. The number of rotatable bonds is 10. The third kappa shape index (κ3) is 8.13. The molecule has 0 radical (unpaired) electrons. The number of nitrogens with zero attached hydrogens (tertiary/aromatic N) is 1. The van der Waals surface area contributed by atoms with Gasteiger partial charge in [-0.05, 0) is 42.5 Å². The number of halogens is 1. The first-order valence-electron chi connectivity index (χ1n) is 11.3. The van der Waals surface area contributed by atoms with E-state index in [0.717, 1.165) is 43.6 Å². The van der Waals surface area contributed by atoms with Crippen LogP contribution in [0.3, 0.4) is 0 Å². The van der Waals surface area contributed by atoms with Crippen LogP contribution in [0.25, 0.3) is 0 Å². The normalized spacial score (nSPS) is 15.9. The molecule has 0 aliphatic carbocycles. The van der Waals surface area contributed by atoms with Crippen molar-refractivity contribution in [1.82, 2.24) is 10.6 Å². The lowest BCUT2D eigenvalue weighted by Gasteiger charge is -2.22. The van der Waals surface area contributed by atoms with Crippen LogP contribution in [0.2, 0.25) is 0 Å². The first kappa shape index (κ1) is 24.0. The molecule has 0 aromatic heterocycles. The molecule has 1 aliphatic heterocycles. The molecule has 2 aromatic carbocycles. The van der Waals surface area contributed by atoms with E-state index in [2.05, 4.69) is 39.9 Å². The smallest absolute Gasteiger partial charge is 0.191 e. The van der Waals surface area contributed by atoms with E-state index in [-0.39, 0.29) is 18.0 Å². The zero-order valence-corrected chi connectivity index (χ0v) is 19.0. The van der Waals surface area contributed by atoms with Gasteiger partial charge in [0, 0.05) is 32.9 Å². The van der Waals surface area contributed by atoms with Crippen molar-refractivity contribution in [3.05, 3.63) is 65.5 Å². The summed E-state index contributed by atoms with van der Waals surface area (Å²) in [5.41, 5.74) is 2.32. The minimum atomic E-state index is -0.303. The molecule has 7 heteroatoms. The van der Waals surface area contributed by atoms with E-state index in [1.165, 1.54) is 12.1 Å². The molecule has 6 nitrogen and oxygen atoms in total. The van der Waals surface area contributed by atoms with Crippen molar-refractivity contribution >= 4 is 5.96 Å². The molecule has 1 aliphatic rings. The molecule has 0 amide bonds. The fourth-order valence-electron chi connectivity index (χ4n) is 3.51. The van der Waals surface area contributed by atoms with Crippen LogP contribution >= 0.6 is 0 Å². The Morgan fingerprint density at radius 3 is 2.66 bits per heavy atom. The summed E-state index contributed by atoms with van der Waals surface area (Å²) < 4.78 is 30.7. The average Bonchev–Trinajstić information content (AvgIpc) is 2.83. The number of guanidine groups is 1. The Morgan fingerprint density at radius 1 is 1.12 bits per heavy atom. The first-order chi connectivity index (χ1) is 15.7. The van der Waals surface area contributed by atoms with Gasteiger partial charge in [-0.3, -0.25) is 4.99 Å². The van der Waals surface area contributed by atoms with E-state index in [0.29, 0.717) is 31.4 Å². The second-order valence-corrected chi connectivity index (χ2v) is 7.85. The van der Waals surface area contributed by atoms with E-state index >= 15 is 0 Å². The number of benzene rings is 2. The van der Waals surface area contributed by atoms with Gasteiger partial charge in [0.1, 0.15) is 17.7 Å². The molecule has 1 saturated heterocycles. The molecule has 1 fully saturated rings. The summed E-state index contributed by atoms with van der Waals surface area (Å²) in [6.07, 6.45) is 2.90. The molecule has 2 N–H and O–H groups in total. The van der Waals surface area contributed by atoms with Crippen molar-refractivity contribution in [1.29, 1.82) is 0 Å². The summed E-state index contributed by atoms with van der Waals surface area (Å²) in [5.74, 6) is 0.916. The Morgan fingerprint density at radius 2 is 1.91 bits per heavy atom. The predicted octanol–water partition coefficient (Wildman–Crippen LogP) is 4.04. The Hall–Kier alpha value is -2.64. The summed E-state index contributed by atoms with van der Waals surface area (Å²) in [6, 6.07) is 14.6. The lowest BCUT2D eigenvalue weighted by atomic mass is 10.1. The molecule has 0 saturated carbocycles. The number of nitrogens with one attached hydrogen (secondary N) is 2. The molecular weight excluding hydrogens is 409 g/mol. The second kappa shape index (κ2) is 13.0. The standard InChI is InChI=1S/C25H34FN3O3/c1-3-22(32-24-9-5-8-21(26)15-24)17-29-25(27-2)28-16-19-6-4-7-20(14-19)18-31-23-10-12-30-13-11-23/h4-9,14-15,22-23H,3,10-13,16-18H2,1-2H3,(H2,27,28,29). The summed E-state index contributed by atoms with van der Waals surface area (Å²) >= 11 is 0. The van der Waals surface area contributed by atoms with Gasteiger partial charge in [-0.1, -0.05) is 37.3 Å². The molecule has 2 aromatic rings. The Kier molecular flexibility index (Phi) is 9.78. The largest absolute Gasteiger partial charge is 0.489 e. The van der Waals surface area contributed by atoms with Crippen LogP contribution in [-0.2, 0) is 22.6 Å². The topological polar surface area (TPSA) is 64.1 Å². The fraction of sp³-hybridized carbons (Fsp3) is 0.480. The molecule has 3 rings (SSSR count). The summed E-state index contributed by atoms with van der Waals surface area (Å²) in [6.45, 7) is 5.43. The van der Waals surface area contributed by atoms with Crippen molar-refractivity contribution in [2.24, 2.45) is 4.99 Å². The van der Waals surface area contributed by atoms with Gasteiger partial charge in [0.15, 0.2) is 5.96 Å². The Balaban J connectivity index is 1.44. The van der Waals surface area contributed by atoms with Crippen LogP contribution in [0.4, 0.5) is 4.39 Å². The van der Waals surface area contributed by atoms with Crippen LogP contribution < -0.4 is 15.4 Å². The number of hydrogen-bond acceptors (Lipinski definition) is 4. The van der Waals surface area contributed by atoms with Crippen molar-refractivity contribution in [3.8, 4) is 5.75 Å². The van der Waals surface area contributed by atoms with Crippen molar-refractivity contribution in [2.75, 3.05) is 26.8 Å². The quantitative estimate of drug-likeness (QED) is 0.429. The lowest BCUT2D eigenvalue weighted by molar-refractivity contribution is -0.0390. The van der Waals surface area contributed by atoms with Gasteiger partial charge in [0.25, 0.3) is 0 Å². The number of aliphatic imine (C=N–C) groups is 1. The van der Waals surface area contributed by atoms with Crippen LogP contribution in [0.5, 0.6) is 5.75 Å². The van der Waals surface area contributed by atoms with Crippen LogP contribution in [0, 0.1) is 5.82 Å². The second-order valence-electron chi connectivity index (χ2n) is 7.85. The molecule has 174 valence electrons. The van der Waals surface area contributed by atoms with Gasteiger partial charge in [-0.25, -0.2) is 4.39 Å². The lowest BCUT2D eigenvalue weighted by Crippen LogP contribution is -2.42. The van der Waals surface area contributed by atoms with Gasteiger partial charge < -0.3 is 24.8 Å². The highest BCUT2D eigenvalue weighted by Crippen LogP contribution is 2.15. The van der Waals surface area contributed by atoms with Gasteiger partial charge >= 0.3 is 0 Å². The zero-order valence-electron chi connectivity index (χ0n) is 19.0. The average molecular weight is 444 g/mol. The molecule has 1 atom stereocenters. The highest BCUT2D eigenvalue weighted by molar-refractivity contribution is 5.79. The highest BCUT2D eigenvalue weighted by Gasteiger charge is 2.14. The molecule has 1 heterocycles. The highest BCUT2D eigenvalue weighted by atomic mass is 19.1. The number of hydrogen-bond donors (Lipinski definition) is 2. The predicted molar refractivity (Wildman–Crippen MR) is 124 cm³/mol.